The molecule has 0 N–H and O–H groups in total. The topological polar surface area (TPSA) is 16.4 Å². The number of furan rings is 1. The average Bonchev–Trinajstić information content (AvgIpc) is 3.72. The van der Waals surface area contributed by atoms with Crippen LogP contribution in [-0.2, 0) is 0 Å². The summed E-state index contributed by atoms with van der Waals surface area (Å²) in [6.45, 7) is 0. The van der Waals surface area contributed by atoms with Crippen molar-refractivity contribution in [2.75, 3.05) is 4.90 Å². The van der Waals surface area contributed by atoms with Crippen molar-refractivity contribution < 1.29 is 4.42 Å². The number of rotatable bonds is 6. The first-order chi connectivity index (χ1) is 29.8. The molecule has 0 aliphatic rings. The molecule has 60 heavy (non-hydrogen) atoms. The van der Waals surface area contributed by atoms with Crippen LogP contribution in [0.25, 0.3) is 98.4 Å². The van der Waals surface area contributed by atoms with Crippen molar-refractivity contribution in [3.8, 4) is 33.4 Å². The van der Waals surface area contributed by atoms with Gasteiger partial charge in [0.15, 0.2) is 0 Å². The summed E-state index contributed by atoms with van der Waals surface area (Å²) in [5, 5.41) is 12.2. The van der Waals surface area contributed by atoms with Gasteiger partial charge in [-0.1, -0.05) is 188 Å². The Morgan fingerprint density at radius 3 is 1.27 bits per heavy atom. The van der Waals surface area contributed by atoms with Gasteiger partial charge in [0.25, 0.3) is 0 Å². The molecule has 280 valence electrons. The van der Waals surface area contributed by atoms with Gasteiger partial charge in [-0.3, -0.25) is 0 Å². The van der Waals surface area contributed by atoms with Crippen molar-refractivity contribution in [1.82, 2.24) is 0 Å². The van der Waals surface area contributed by atoms with Crippen LogP contribution in [-0.4, -0.2) is 0 Å². The number of nitrogens with zero attached hydrogens (tertiary/aromatic N) is 1. The molecule has 2 heteroatoms. The highest BCUT2D eigenvalue weighted by atomic mass is 16.3. The van der Waals surface area contributed by atoms with Crippen molar-refractivity contribution >= 4 is 82.1 Å². The first-order valence-corrected chi connectivity index (χ1v) is 20.6. The van der Waals surface area contributed by atoms with Crippen LogP contribution in [0.2, 0.25) is 0 Å². The third-order valence-corrected chi connectivity index (χ3v) is 12.2. The van der Waals surface area contributed by atoms with E-state index in [1.807, 2.05) is 0 Å². The van der Waals surface area contributed by atoms with Gasteiger partial charge >= 0.3 is 0 Å². The summed E-state index contributed by atoms with van der Waals surface area (Å²) in [7, 11) is 0. The van der Waals surface area contributed by atoms with Gasteiger partial charge in [0.1, 0.15) is 11.2 Å². The lowest BCUT2D eigenvalue weighted by atomic mass is 9.93. The summed E-state index contributed by atoms with van der Waals surface area (Å²) in [6.07, 6.45) is 0. The van der Waals surface area contributed by atoms with E-state index in [1.54, 1.807) is 0 Å². The molecule has 0 saturated heterocycles. The maximum atomic E-state index is 6.82. The second-order valence-electron chi connectivity index (χ2n) is 15.6. The van der Waals surface area contributed by atoms with Crippen molar-refractivity contribution in [2.45, 2.75) is 0 Å². The second kappa shape index (κ2) is 13.9. The number of fused-ring (bicyclic) bond motifs is 9. The summed E-state index contributed by atoms with van der Waals surface area (Å²) >= 11 is 0. The maximum absolute atomic E-state index is 6.82. The molecule has 11 aromatic carbocycles. The quantitative estimate of drug-likeness (QED) is 0.157. The van der Waals surface area contributed by atoms with E-state index in [-0.39, 0.29) is 0 Å². The van der Waals surface area contributed by atoms with Crippen molar-refractivity contribution in [1.29, 1.82) is 0 Å². The minimum absolute atomic E-state index is 0.901. The molecule has 0 fully saturated rings. The Bertz CT molecular complexity index is 3580. The molecule has 2 nitrogen and oxygen atoms in total. The molecule has 1 heterocycles. The first kappa shape index (κ1) is 34.1. The minimum atomic E-state index is 0.901. The molecular weight excluding hydrogens is 727 g/mol. The third-order valence-electron chi connectivity index (χ3n) is 12.2. The van der Waals surface area contributed by atoms with E-state index in [9.17, 15) is 0 Å². The average molecular weight is 764 g/mol. The number of para-hydroxylation sites is 2. The maximum Gasteiger partial charge on any atom is 0.143 e. The molecule has 0 amide bonds. The van der Waals surface area contributed by atoms with Crippen LogP contribution in [0.5, 0.6) is 0 Å². The van der Waals surface area contributed by atoms with Gasteiger partial charge in [-0.25, -0.2) is 0 Å². The molecule has 0 atom stereocenters. The summed E-state index contributed by atoms with van der Waals surface area (Å²) in [5.41, 5.74) is 12.0. The van der Waals surface area contributed by atoms with Gasteiger partial charge in [0, 0.05) is 38.7 Å². The highest BCUT2D eigenvalue weighted by Crippen LogP contribution is 2.45. The Balaban J connectivity index is 1.01. The van der Waals surface area contributed by atoms with Crippen molar-refractivity contribution in [3.63, 3.8) is 0 Å². The predicted molar refractivity (Wildman–Crippen MR) is 255 cm³/mol. The number of hydrogen-bond acceptors (Lipinski definition) is 2. The Labute approximate surface area is 347 Å². The molecular formula is C58H37NO. The Morgan fingerprint density at radius 2 is 0.683 bits per heavy atom. The summed E-state index contributed by atoms with van der Waals surface area (Å²) in [6, 6.07) is 81.1. The SMILES string of the molecule is c1ccc(-c2cccc3c2oc2c(-c4ccc(N(c5ccc(-c6cc7ccccc7c7ccccc67)cc5)c5cc6ccccc6c6ccccc56)cc4)cccc23)cc1. The molecule has 0 bridgehead atoms. The minimum Gasteiger partial charge on any atom is -0.455 e. The monoisotopic (exact) mass is 763 g/mol. The smallest absolute Gasteiger partial charge is 0.143 e. The highest BCUT2D eigenvalue weighted by molar-refractivity contribution is 6.16. The predicted octanol–water partition coefficient (Wildman–Crippen LogP) is 16.7. The van der Waals surface area contributed by atoms with E-state index in [4.69, 9.17) is 4.42 Å². The molecule has 12 aromatic rings. The molecule has 12 rings (SSSR count). The van der Waals surface area contributed by atoms with E-state index in [1.165, 1.54) is 54.2 Å². The third kappa shape index (κ3) is 5.50. The molecule has 0 saturated carbocycles. The van der Waals surface area contributed by atoms with E-state index in [2.05, 4.69) is 229 Å². The van der Waals surface area contributed by atoms with Crippen LogP contribution in [0, 0.1) is 0 Å². The van der Waals surface area contributed by atoms with Gasteiger partial charge in [-0.05, 0) is 96.4 Å². The number of hydrogen-bond donors (Lipinski definition) is 0. The molecule has 0 radical (unpaired) electrons. The van der Waals surface area contributed by atoms with E-state index in [0.717, 1.165) is 61.3 Å². The van der Waals surface area contributed by atoms with Crippen LogP contribution < -0.4 is 4.90 Å². The summed E-state index contributed by atoms with van der Waals surface area (Å²) < 4.78 is 6.82. The molecule has 0 unspecified atom stereocenters. The molecule has 1 aromatic heterocycles. The van der Waals surface area contributed by atoms with Crippen molar-refractivity contribution in [2.24, 2.45) is 0 Å². The largest absolute Gasteiger partial charge is 0.455 e. The van der Waals surface area contributed by atoms with E-state index < -0.39 is 0 Å². The number of benzene rings is 11. The van der Waals surface area contributed by atoms with Crippen LogP contribution in [0.3, 0.4) is 0 Å². The second-order valence-corrected chi connectivity index (χ2v) is 15.6. The lowest BCUT2D eigenvalue weighted by molar-refractivity contribution is 0.671. The standard InChI is InChI=1S/C58H37NO/c1-2-14-38(15-3-1)47-24-12-26-53-54-27-13-25-48(58(54)60-57(47)53)39-28-32-43(33-29-39)59(56-37-42-17-5-7-19-46(42)50-21-10-11-23-52(50)56)44-34-30-40(31-35-44)55-36-41-16-4-6-18-45(41)49-20-8-9-22-51(49)55/h1-37H. The van der Waals surface area contributed by atoms with Crippen LogP contribution in [0.4, 0.5) is 17.1 Å². The zero-order valence-electron chi connectivity index (χ0n) is 32.7. The zero-order valence-corrected chi connectivity index (χ0v) is 32.7. The lowest BCUT2D eigenvalue weighted by Crippen LogP contribution is -2.10. The van der Waals surface area contributed by atoms with Gasteiger partial charge in [-0.15, -0.1) is 0 Å². The van der Waals surface area contributed by atoms with E-state index >= 15 is 0 Å². The van der Waals surface area contributed by atoms with Gasteiger partial charge in [-0.2, -0.15) is 0 Å². The summed E-state index contributed by atoms with van der Waals surface area (Å²) in [5.74, 6) is 0. The molecule has 0 spiro atoms. The fourth-order valence-electron chi connectivity index (χ4n) is 9.41. The summed E-state index contributed by atoms with van der Waals surface area (Å²) in [4.78, 5) is 2.41. The normalized spacial score (nSPS) is 11.7. The Kier molecular flexibility index (Phi) is 7.89. The lowest BCUT2D eigenvalue weighted by Gasteiger charge is -2.28. The van der Waals surface area contributed by atoms with E-state index in [0.29, 0.717) is 0 Å². The van der Waals surface area contributed by atoms with Gasteiger partial charge < -0.3 is 9.32 Å². The first-order valence-electron chi connectivity index (χ1n) is 20.6. The fraction of sp³-hybridized carbons (Fsp3) is 0. The molecule has 0 aliphatic carbocycles. The fourth-order valence-corrected chi connectivity index (χ4v) is 9.41. The van der Waals surface area contributed by atoms with Crippen LogP contribution in [0.1, 0.15) is 0 Å². The van der Waals surface area contributed by atoms with Gasteiger partial charge in [0.05, 0.1) is 5.69 Å². The zero-order chi connectivity index (χ0) is 39.6. The van der Waals surface area contributed by atoms with Crippen LogP contribution in [0.15, 0.2) is 229 Å². The van der Waals surface area contributed by atoms with Gasteiger partial charge in [0.2, 0.25) is 0 Å². The number of anilines is 3. The van der Waals surface area contributed by atoms with Crippen LogP contribution >= 0.6 is 0 Å². The highest BCUT2D eigenvalue weighted by Gasteiger charge is 2.20. The molecule has 0 aliphatic heterocycles. The Hall–Kier alpha value is -7.94. The Morgan fingerprint density at radius 1 is 0.267 bits per heavy atom. The van der Waals surface area contributed by atoms with Crippen molar-refractivity contribution in [3.05, 3.63) is 224 Å².